The molecule has 0 unspecified atom stereocenters. The molecule has 4 rings (SSSR count). The number of nitrogens with one attached hydrogen (secondary N) is 1. The maximum atomic E-state index is 12.4. The second-order valence-electron chi connectivity index (χ2n) is 5.53. The molecular formula is C17H13Cl2N4O+. The molecule has 120 valence electrons. The SMILES string of the molecule is C[n+]1[nH]c(=O)n2c1CN=C(c1ccccc1Cl)c1cc(Cl)ccc1-2. The van der Waals surface area contributed by atoms with E-state index in [4.69, 9.17) is 28.2 Å². The summed E-state index contributed by atoms with van der Waals surface area (Å²) in [6.45, 7) is 0.349. The fourth-order valence-electron chi connectivity index (χ4n) is 2.96. The maximum Gasteiger partial charge on any atom is 0.449 e. The van der Waals surface area contributed by atoms with Crippen LogP contribution in [-0.4, -0.2) is 15.4 Å². The molecule has 0 saturated heterocycles. The molecule has 0 amide bonds. The first-order valence-electron chi connectivity index (χ1n) is 7.36. The summed E-state index contributed by atoms with van der Waals surface area (Å²) in [4.78, 5) is 17.1. The number of nitrogens with zero attached hydrogens (tertiary/aromatic N) is 3. The zero-order valence-corrected chi connectivity index (χ0v) is 14.3. The Balaban J connectivity index is 2.06. The van der Waals surface area contributed by atoms with Gasteiger partial charge in [-0.2, -0.15) is 9.78 Å². The number of aromatic amines is 1. The predicted molar refractivity (Wildman–Crippen MR) is 93.4 cm³/mol. The molecule has 5 nitrogen and oxygen atoms in total. The smallest absolute Gasteiger partial charge is 0.271 e. The molecule has 0 fully saturated rings. The summed E-state index contributed by atoms with van der Waals surface area (Å²) in [6.07, 6.45) is 0. The van der Waals surface area contributed by atoms with Crippen LogP contribution in [-0.2, 0) is 13.6 Å². The van der Waals surface area contributed by atoms with Gasteiger partial charge < -0.3 is 0 Å². The second-order valence-corrected chi connectivity index (χ2v) is 6.38. The van der Waals surface area contributed by atoms with Gasteiger partial charge >= 0.3 is 11.5 Å². The van der Waals surface area contributed by atoms with Crippen LogP contribution in [0.4, 0.5) is 0 Å². The molecule has 1 N–H and O–H groups in total. The van der Waals surface area contributed by atoms with Crippen molar-refractivity contribution < 1.29 is 4.68 Å². The quantitative estimate of drug-likeness (QED) is 0.667. The highest BCUT2D eigenvalue weighted by Crippen LogP contribution is 2.28. The van der Waals surface area contributed by atoms with Crippen molar-refractivity contribution in [2.24, 2.45) is 12.0 Å². The van der Waals surface area contributed by atoms with Crippen LogP contribution in [0, 0.1) is 0 Å². The van der Waals surface area contributed by atoms with Crippen molar-refractivity contribution in [1.82, 2.24) is 9.67 Å². The van der Waals surface area contributed by atoms with E-state index in [1.165, 1.54) is 0 Å². The minimum Gasteiger partial charge on any atom is -0.271 e. The molecule has 7 heteroatoms. The summed E-state index contributed by atoms with van der Waals surface area (Å²) < 4.78 is 3.30. The molecule has 3 aromatic rings. The summed E-state index contributed by atoms with van der Waals surface area (Å²) in [7, 11) is 1.79. The van der Waals surface area contributed by atoms with Gasteiger partial charge in [0.05, 0.1) is 5.71 Å². The number of benzene rings is 2. The van der Waals surface area contributed by atoms with Gasteiger partial charge in [-0.15, -0.1) is 4.57 Å². The van der Waals surface area contributed by atoms with Gasteiger partial charge in [-0.1, -0.05) is 41.4 Å². The molecule has 0 radical (unpaired) electrons. The van der Waals surface area contributed by atoms with Crippen molar-refractivity contribution in [2.75, 3.05) is 0 Å². The number of H-pyrrole nitrogens is 1. The number of aryl methyl sites for hydroxylation is 1. The molecule has 2 aromatic carbocycles. The normalized spacial score (nSPS) is 13.0. The first-order valence-corrected chi connectivity index (χ1v) is 8.11. The Hall–Kier alpha value is -2.37. The lowest BCUT2D eigenvalue weighted by molar-refractivity contribution is -0.736. The van der Waals surface area contributed by atoms with E-state index in [9.17, 15) is 4.79 Å². The monoisotopic (exact) mass is 359 g/mol. The molecule has 0 spiro atoms. The molecule has 2 heterocycles. The summed E-state index contributed by atoms with van der Waals surface area (Å²) in [5.41, 5.74) is 2.82. The van der Waals surface area contributed by atoms with Crippen molar-refractivity contribution in [3.63, 3.8) is 0 Å². The fourth-order valence-corrected chi connectivity index (χ4v) is 3.36. The number of halogens is 2. The molecule has 0 aliphatic carbocycles. The molecule has 0 saturated carbocycles. The van der Waals surface area contributed by atoms with Crippen LogP contribution in [0.25, 0.3) is 5.69 Å². The van der Waals surface area contributed by atoms with Gasteiger partial charge in [0.1, 0.15) is 19.3 Å². The molecule has 0 atom stereocenters. The number of aromatic nitrogens is 3. The minimum absolute atomic E-state index is 0.216. The van der Waals surface area contributed by atoms with Gasteiger partial charge in [0, 0.05) is 21.2 Å². The molecule has 1 aromatic heterocycles. The van der Waals surface area contributed by atoms with Gasteiger partial charge in [-0.25, -0.2) is 4.79 Å². The molecule has 1 aliphatic heterocycles. The van der Waals surface area contributed by atoms with E-state index in [0.29, 0.717) is 16.6 Å². The molecule has 0 bridgehead atoms. The molecule has 24 heavy (non-hydrogen) atoms. The van der Waals surface area contributed by atoms with Crippen molar-refractivity contribution >= 4 is 28.9 Å². The van der Waals surface area contributed by atoms with Crippen LogP contribution in [0.3, 0.4) is 0 Å². The van der Waals surface area contributed by atoms with E-state index in [-0.39, 0.29) is 5.69 Å². The highest BCUT2D eigenvalue weighted by molar-refractivity contribution is 6.36. The first kappa shape index (κ1) is 15.2. The number of hydrogen-bond acceptors (Lipinski definition) is 2. The van der Waals surface area contributed by atoms with Crippen LogP contribution in [0.1, 0.15) is 17.0 Å². The lowest BCUT2D eigenvalue weighted by atomic mass is 10.0. The van der Waals surface area contributed by atoms with Gasteiger partial charge in [0.25, 0.3) is 0 Å². The third-order valence-electron chi connectivity index (χ3n) is 4.07. The zero-order valence-electron chi connectivity index (χ0n) is 12.8. The second kappa shape index (κ2) is 5.61. The minimum atomic E-state index is -0.216. The molecule has 1 aliphatic rings. The largest absolute Gasteiger partial charge is 0.449 e. The Labute approximate surface area is 147 Å². The van der Waals surface area contributed by atoms with Crippen LogP contribution in [0.2, 0.25) is 10.0 Å². The van der Waals surface area contributed by atoms with E-state index in [0.717, 1.165) is 28.4 Å². The Morgan fingerprint density at radius 1 is 1.17 bits per heavy atom. The van der Waals surface area contributed by atoms with Crippen molar-refractivity contribution in [3.8, 4) is 5.69 Å². The average molecular weight is 360 g/mol. The van der Waals surface area contributed by atoms with E-state index in [1.54, 1.807) is 22.4 Å². The topological polar surface area (TPSA) is 54.0 Å². The first-order chi connectivity index (χ1) is 11.6. The number of fused-ring (bicyclic) bond motifs is 3. The third kappa shape index (κ3) is 2.28. The van der Waals surface area contributed by atoms with Gasteiger partial charge in [-0.3, -0.25) is 4.99 Å². The van der Waals surface area contributed by atoms with Gasteiger partial charge in [0.15, 0.2) is 0 Å². The van der Waals surface area contributed by atoms with Crippen LogP contribution in [0.5, 0.6) is 0 Å². The zero-order chi connectivity index (χ0) is 16.8. The van der Waals surface area contributed by atoms with E-state index >= 15 is 0 Å². The summed E-state index contributed by atoms with van der Waals surface area (Å²) >= 11 is 12.6. The Kier molecular flexibility index (Phi) is 3.55. The standard InChI is InChI=1S/C17H12Cl2N4O/c1-22-15-9-20-16(11-4-2-3-5-13(11)19)12-8-10(18)6-7-14(12)23(15)17(24)21-22/h2-8H,9H2,1H3/p+1. The number of rotatable bonds is 1. The lowest BCUT2D eigenvalue weighted by Gasteiger charge is -2.10. The van der Waals surface area contributed by atoms with Crippen molar-refractivity contribution in [1.29, 1.82) is 0 Å². The van der Waals surface area contributed by atoms with E-state index < -0.39 is 0 Å². The van der Waals surface area contributed by atoms with Crippen molar-refractivity contribution in [3.05, 3.63) is 79.9 Å². The van der Waals surface area contributed by atoms with Crippen LogP contribution in [0.15, 0.2) is 52.3 Å². The van der Waals surface area contributed by atoms with Crippen LogP contribution < -0.4 is 10.4 Å². The van der Waals surface area contributed by atoms with Gasteiger partial charge in [0.2, 0.25) is 0 Å². The molecular weight excluding hydrogens is 347 g/mol. The maximum absolute atomic E-state index is 12.4. The Bertz CT molecular complexity index is 1050. The summed E-state index contributed by atoms with van der Waals surface area (Å²) in [6, 6.07) is 12.9. The number of aliphatic imine (C=N–C) groups is 1. The third-order valence-corrected chi connectivity index (χ3v) is 4.64. The van der Waals surface area contributed by atoms with Gasteiger partial charge in [-0.05, 0) is 24.3 Å². The number of hydrogen-bond donors (Lipinski definition) is 1. The highest BCUT2D eigenvalue weighted by Gasteiger charge is 2.29. The van der Waals surface area contributed by atoms with E-state index in [2.05, 4.69) is 5.10 Å². The van der Waals surface area contributed by atoms with Crippen molar-refractivity contribution in [2.45, 2.75) is 6.54 Å². The summed E-state index contributed by atoms with van der Waals surface area (Å²) in [5.74, 6) is 0.755. The van der Waals surface area contributed by atoms with Crippen LogP contribution >= 0.6 is 23.2 Å². The highest BCUT2D eigenvalue weighted by atomic mass is 35.5. The summed E-state index contributed by atoms with van der Waals surface area (Å²) in [5, 5.41) is 3.94. The Morgan fingerprint density at radius 2 is 1.96 bits per heavy atom. The average Bonchev–Trinajstić information content (AvgIpc) is 2.74. The van der Waals surface area contributed by atoms with E-state index in [1.807, 2.05) is 36.4 Å². The predicted octanol–water partition coefficient (Wildman–Crippen LogP) is 2.65. The lowest BCUT2D eigenvalue weighted by Crippen LogP contribution is -2.36. The Morgan fingerprint density at radius 3 is 2.75 bits per heavy atom. The fraction of sp³-hybridized carbons (Fsp3) is 0.118.